The van der Waals surface area contributed by atoms with Gasteiger partial charge in [0.15, 0.2) is 5.82 Å². The number of hydrogen-bond acceptors (Lipinski definition) is 2. The zero-order valence-electron chi connectivity index (χ0n) is 10.4. The van der Waals surface area contributed by atoms with E-state index in [0.717, 1.165) is 17.2 Å². The van der Waals surface area contributed by atoms with Gasteiger partial charge in [-0.2, -0.15) is 5.10 Å². The van der Waals surface area contributed by atoms with Gasteiger partial charge in [0.2, 0.25) is 0 Å². The maximum atomic E-state index is 4.33. The molecule has 3 heteroatoms. The van der Waals surface area contributed by atoms with Crippen molar-refractivity contribution in [1.29, 1.82) is 0 Å². The largest absolute Gasteiger partial charge is 0.232 e. The first-order valence-electron chi connectivity index (χ1n) is 5.30. The number of aryl methyl sites for hydroxylation is 1. The Hall–Kier alpha value is -1.38. The second-order valence-electron chi connectivity index (χ2n) is 3.25. The quantitative estimate of drug-likeness (QED) is 0.698. The molecule has 84 valence electrons. The van der Waals surface area contributed by atoms with Crippen LogP contribution in [0.3, 0.4) is 0 Å². The smallest absolute Gasteiger partial charge is 0.153 e. The van der Waals surface area contributed by atoms with Gasteiger partial charge in [0, 0.05) is 6.72 Å². The molecule has 0 aliphatic heterocycles. The Balaban J connectivity index is 0.000000921. The molecule has 0 amide bonds. The highest BCUT2D eigenvalue weighted by Gasteiger charge is 2.14. The molecule has 0 saturated heterocycles. The van der Waals surface area contributed by atoms with Crippen LogP contribution in [0.25, 0.3) is 6.08 Å². The number of aromatic nitrogens is 2. The Bertz CT molecular complexity index is 335. The third-order valence-corrected chi connectivity index (χ3v) is 1.97. The highest BCUT2D eigenvalue weighted by Crippen LogP contribution is 2.20. The molecule has 0 aromatic carbocycles. The fraction of sp³-hybridized carbons (Fsp3) is 0.500. The van der Waals surface area contributed by atoms with E-state index in [9.17, 15) is 0 Å². The molecule has 1 rings (SSSR count). The average Bonchev–Trinajstić information content (AvgIpc) is 2.57. The molecule has 0 aliphatic carbocycles. The summed E-state index contributed by atoms with van der Waals surface area (Å²) < 4.78 is 1.74. The maximum absolute atomic E-state index is 4.33. The second kappa shape index (κ2) is 6.17. The van der Waals surface area contributed by atoms with Crippen LogP contribution in [-0.2, 0) is 0 Å². The normalized spacial score (nSPS) is 9.47. The van der Waals surface area contributed by atoms with Crippen molar-refractivity contribution in [2.45, 2.75) is 40.5 Å². The maximum Gasteiger partial charge on any atom is 0.153 e. The van der Waals surface area contributed by atoms with Gasteiger partial charge in [-0.05, 0) is 18.9 Å². The van der Waals surface area contributed by atoms with Gasteiger partial charge in [-0.25, -0.2) is 9.66 Å². The van der Waals surface area contributed by atoms with Gasteiger partial charge in [-0.1, -0.05) is 34.3 Å². The lowest BCUT2D eigenvalue weighted by atomic mass is 10.1. The summed E-state index contributed by atoms with van der Waals surface area (Å²) in [5.41, 5.74) is 2.10. The van der Waals surface area contributed by atoms with E-state index >= 15 is 0 Å². The summed E-state index contributed by atoms with van der Waals surface area (Å²) in [7, 11) is 0. The molecular weight excluding hydrogens is 186 g/mol. The standard InChI is InChI=1S/C10H15N3.C2H6/c1-6-9-12-8(4)10(7(2)3)13(9)11-5;1-2/h6-7H,1,5H2,2-4H3;1-2H3. The lowest BCUT2D eigenvalue weighted by Gasteiger charge is -2.07. The van der Waals surface area contributed by atoms with Crippen molar-refractivity contribution in [2.24, 2.45) is 5.10 Å². The van der Waals surface area contributed by atoms with Crippen molar-refractivity contribution in [1.82, 2.24) is 9.66 Å². The van der Waals surface area contributed by atoms with E-state index in [0.29, 0.717) is 5.92 Å². The Labute approximate surface area is 92.5 Å². The van der Waals surface area contributed by atoms with Crippen LogP contribution in [0.15, 0.2) is 11.7 Å². The monoisotopic (exact) mass is 207 g/mol. The molecule has 0 N–H and O–H groups in total. The molecule has 0 atom stereocenters. The van der Waals surface area contributed by atoms with Crippen LogP contribution in [0.4, 0.5) is 0 Å². The molecule has 0 unspecified atom stereocenters. The van der Waals surface area contributed by atoms with Gasteiger partial charge in [-0.3, -0.25) is 0 Å². The van der Waals surface area contributed by atoms with Crippen LogP contribution in [0.5, 0.6) is 0 Å². The molecular formula is C12H21N3. The first-order chi connectivity index (χ1) is 7.11. The van der Waals surface area contributed by atoms with E-state index in [-0.39, 0.29) is 0 Å². The zero-order chi connectivity index (χ0) is 12.0. The number of hydrogen-bond donors (Lipinski definition) is 0. The molecule has 1 aromatic heterocycles. The van der Waals surface area contributed by atoms with Crippen LogP contribution in [0.1, 0.15) is 50.8 Å². The van der Waals surface area contributed by atoms with E-state index in [1.54, 1.807) is 10.8 Å². The topological polar surface area (TPSA) is 30.2 Å². The summed E-state index contributed by atoms with van der Waals surface area (Å²) in [6, 6.07) is 0. The van der Waals surface area contributed by atoms with Crippen molar-refractivity contribution in [2.75, 3.05) is 0 Å². The summed E-state index contributed by atoms with van der Waals surface area (Å²) in [6.45, 7) is 17.4. The SMILES string of the molecule is C=Cc1nc(C)c(C(C)C)n1N=C.CC. The Morgan fingerprint density at radius 2 is 1.93 bits per heavy atom. The zero-order valence-corrected chi connectivity index (χ0v) is 10.4. The van der Waals surface area contributed by atoms with Crippen LogP contribution < -0.4 is 0 Å². The molecule has 15 heavy (non-hydrogen) atoms. The first-order valence-corrected chi connectivity index (χ1v) is 5.30. The van der Waals surface area contributed by atoms with E-state index < -0.39 is 0 Å². The summed E-state index contributed by atoms with van der Waals surface area (Å²) in [5.74, 6) is 1.16. The van der Waals surface area contributed by atoms with Crippen molar-refractivity contribution in [3.63, 3.8) is 0 Å². The van der Waals surface area contributed by atoms with E-state index in [2.05, 4.69) is 37.2 Å². The Morgan fingerprint density at radius 1 is 1.40 bits per heavy atom. The third kappa shape index (κ3) is 2.78. The fourth-order valence-electron chi connectivity index (χ4n) is 1.50. The van der Waals surface area contributed by atoms with E-state index in [1.165, 1.54) is 0 Å². The number of rotatable bonds is 3. The number of nitrogens with zero attached hydrogens (tertiary/aromatic N) is 3. The highest BCUT2D eigenvalue weighted by atomic mass is 15.4. The van der Waals surface area contributed by atoms with Gasteiger partial charge < -0.3 is 0 Å². The second-order valence-corrected chi connectivity index (χ2v) is 3.25. The molecule has 0 bridgehead atoms. The molecule has 3 nitrogen and oxygen atoms in total. The van der Waals surface area contributed by atoms with Crippen LogP contribution >= 0.6 is 0 Å². The Morgan fingerprint density at radius 3 is 2.27 bits per heavy atom. The molecule has 0 aliphatic rings. The lowest BCUT2D eigenvalue weighted by Crippen LogP contribution is -2.00. The van der Waals surface area contributed by atoms with Crippen LogP contribution in [-0.4, -0.2) is 16.4 Å². The minimum atomic E-state index is 0.395. The molecule has 0 saturated carbocycles. The summed E-state index contributed by atoms with van der Waals surface area (Å²) >= 11 is 0. The first kappa shape index (κ1) is 13.6. The van der Waals surface area contributed by atoms with Gasteiger partial charge in [0.1, 0.15) is 0 Å². The van der Waals surface area contributed by atoms with Gasteiger partial charge in [0.25, 0.3) is 0 Å². The predicted molar refractivity (Wildman–Crippen MR) is 67.4 cm³/mol. The van der Waals surface area contributed by atoms with Crippen LogP contribution in [0.2, 0.25) is 0 Å². The van der Waals surface area contributed by atoms with Crippen molar-refractivity contribution >= 4 is 12.8 Å². The molecule has 0 spiro atoms. The predicted octanol–water partition coefficient (Wildman–Crippen LogP) is 3.45. The molecule has 0 radical (unpaired) electrons. The summed E-state index contributed by atoms with van der Waals surface area (Å²) in [5, 5.41) is 3.92. The van der Waals surface area contributed by atoms with Gasteiger partial charge in [0.05, 0.1) is 11.4 Å². The van der Waals surface area contributed by atoms with E-state index in [4.69, 9.17) is 0 Å². The third-order valence-electron chi connectivity index (χ3n) is 1.97. The van der Waals surface area contributed by atoms with Crippen LogP contribution in [0, 0.1) is 6.92 Å². The van der Waals surface area contributed by atoms with Gasteiger partial charge in [-0.15, -0.1) is 0 Å². The van der Waals surface area contributed by atoms with Crippen molar-refractivity contribution in [3.8, 4) is 0 Å². The molecule has 1 heterocycles. The average molecular weight is 207 g/mol. The van der Waals surface area contributed by atoms with E-state index in [1.807, 2.05) is 20.8 Å². The molecule has 0 fully saturated rings. The Kier molecular flexibility index (Phi) is 5.60. The molecule has 1 aromatic rings. The van der Waals surface area contributed by atoms with Crippen molar-refractivity contribution < 1.29 is 0 Å². The fourth-order valence-corrected chi connectivity index (χ4v) is 1.50. The minimum absolute atomic E-state index is 0.395. The summed E-state index contributed by atoms with van der Waals surface area (Å²) in [4.78, 5) is 4.33. The van der Waals surface area contributed by atoms with Gasteiger partial charge >= 0.3 is 0 Å². The lowest BCUT2D eigenvalue weighted by molar-refractivity contribution is 0.720. The van der Waals surface area contributed by atoms with Crippen molar-refractivity contribution in [3.05, 3.63) is 23.8 Å². The number of imidazole rings is 1. The summed E-state index contributed by atoms with van der Waals surface area (Å²) in [6.07, 6.45) is 1.69. The highest BCUT2D eigenvalue weighted by molar-refractivity contribution is 5.41. The minimum Gasteiger partial charge on any atom is -0.232 e.